The maximum Gasteiger partial charge on any atom is 0.227 e. The van der Waals surface area contributed by atoms with E-state index in [1.165, 1.54) is 44.9 Å². The van der Waals surface area contributed by atoms with Crippen molar-refractivity contribution in [3.63, 3.8) is 0 Å². The summed E-state index contributed by atoms with van der Waals surface area (Å²) in [6, 6.07) is 4.62. The van der Waals surface area contributed by atoms with E-state index in [0.29, 0.717) is 17.4 Å². The Bertz CT molecular complexity index is 795. The Morgan fingerprint density at radius 3 is 2.61 bits per heavy atom. The zero-order valence-corrected chi connectivity index (χ0v) is 17.4. The van der Waals surface area contributed by atoms with E-state index < -0.39 is 0 Å². The van der Waals surface area contributed by atoms with Crippen LogP contribution in [0, 0.1) is 5.41 Å². The maximum absolute atomic E-state index is 4.76. The van der Waals surface area contributed by atoms with Gasteiger partial charge < -0.3 is 10.2 Å². The van der Waals surface area contributed by atoms with Gasteiger partial charge in [-0.2, -0.15) is 4.98 Å². The quantitative estimate of drug-likeness (QED) is 0.781. The highest BCUT2D eigenvalue weighted by Gasteiger charge is 2.54. The fourth-order valence-electron chi connectivity index (χ4n) is 4.99. The Morgan fingerprint density at radius 1 is 1.11 bits per heavy atom. The Hall–Kier alpha value is -2.24. The second kappa shape index (κ2) is 8.02. The van der Waals surface area contributed by atoms with Crippen molar-refractivity contribution in [2.45, 2.75) is 77.7 Å². The molecule has 2 bridgehead atoms. The Kier molecular flexibility index (Phi) is 5.47. The van der Waals surface area contributed by atoms with Crippen molar-refractivity contribution in [1.82, 2.24) is 19.9 Å². The van der Waals surface area contributed by atoms with Gasteiger partial charge in [0, 0.05) is 36.5 Å². The minimum absolute atomic E-state index is 0.514. The van der Waals surface area contributed by atoms with E-state index in [9.17, 15) is 0 Å². The molecule has 2 saturated carbocycles. The van der Waals surface area contributed by atoms with Crippen LogP contribution in [0.1, 0.15) is 77.3 Å². The van der Waals surface area contributed by atoms with E-state index >= 15 is 0 Å². The van der Waals surface area contributed by atoms with Gasteiger partial charge in [-0.25, -0.2) is 15.0 Å². The molecule has 2 aliphatic heterocycles. The molecule has 4 fully saturated rings. The monoisotopic (exact) mass is 380 g/mol. The average molecular weight is 381 g/mol. The number of nitrogens with zero attached hydrogens (tertiary/aromatic N) is 5. The van der Waals surface area contributed by atoms with E-state index in [0.717, 1.165) is 29.8 Å². The van der Waals surface area contributed by atoms with Crippen molar-refractivity contribution < 1.29 is 0 Å². The summed E-state index contributed by atoms with van der Waals surface area (Å²) in [5.41, 5.74) is 1.67. The largest absolute Gasteiger partial charge is 0.337 e. The molecule has 0 atom stereocenters. The van der Waals surface area contributed by atoms with Gasteiger partial charge >= 0.3 is 0 Å². The lowest BCUT2D eigenvalue weighted by Gasteiger charge is -2.35. The highest BCUT2D eigenvalue weighted by molar-refractivity contribution is 5.54. The molecule has 2 aliphatic carbocycles. The van der Waals surface area contributed by atoms with Gasteiger partial charge in [0.05, 0.1) is 0 Å². The second-order valence-corrected chi connectivity index (χ2v) is 8.22. The number of nitrogens with one attached hydrogen (secondary N) is 1. The fourth-order valence-corrected chi connectivity index (χ4v) is 4.99. The summed E-state index contributed by atoms with van der Waals surface area (Å²) in [5.74, 6) is 3.06. The van der Waals surface area contributed by atoms with Gasteiger partial charge in [0.1, 0.15) is 18.0 Å². The second-order valence-electron chi connectivity index (χ2n) is 8.22. The van der Waals surface area contributed by atoms with Crippen LogP contribution in [0.2, 0.25) is 0 Å². The number of fused-ring (bicyclic) bond motifs is 1. The molecule has 0 amide bonds. The van der Waals surface area contributed by atoms with Crippen LogP contribution in [-0.2, 0) is 0 Å². The van der Waals surface area contributed by atoms with Crippen molar-refractivity contribution in [2.24, 2.45) is 5.41 Å². The molecule has 6 nitrogen and oxygen atoms in total. The lowest BCUT2D eigenvalue weighted by Crippen LogP contribution is -2.34. The number of hydrogen-bond acceptors (Lipinski definition) is 6. The van der Waals surface area contributed by atoms with E-state index in [2.05, 4.69) is 38.2 Å². The van der Waals surface area contributed by atoms with Crippen LogP contribution >= 0.6 is 0 Å². The van der Waals surface area contributed by atoms with Crippen molar-refractivity contribution in [3.05, 3.63) is 30.4 Å². The lowest BCUT2D eigenvalue weighted by molar-refractivity contribution is 0.191. The van der Waals surface area contributed by atoms with E-state index in [1.807, 2.05) is 26.1 Å². The van der Waals surface area contributed by atoms with Crippen LogP contribution in [0.25, 0.3) is 0 Å². The highest BCUT2D eigenvalue weighted by atomic mass is 15.3. The molecule has 4 aliphatic rings. The normalized spacial score (nSPS) is 25.8. The number of hydrogen-bond donors (Lipinski definition) is 1. The molecule has 2 saturated heterocycles. The summed E-state index contributed by atoms with van der Waals surface area (Å²) < 4.78 is 0. The van der Waals surface area contributed by atoms with Crippen LogP contribution in [0.5, 0.6) is 0 Å². The average Bonchev–Trinajstić information content (AvgIpc) is 3.45. The van der Waals surface area contributed by atoms with Gasteiger partial charge in [-0.15, -0.1) is 0 Å². The molecule has 150 valence electrons. The maximum atomic E-state index is 4.76. The zero-order chi connectivity index (χ0) is 19.6. The number of anilines is 3. The molecule has 2 aromatic heterocycles. The minimum atomic E-state index is 0.514. The predicted octanol–water partition coefficient (Wildman–Crippen LogP) is 5.07. The van der Waals surface area contributed by atoms with Crippen LogP contribution in [0.15, 0.2) is 24.7 Å². The summed E-state index contributed by atoms with van der Waals surface area (Å²) in [6.07, 6.45) is 12.4. The molecule has 0 unspecified atom stereocenters. The zero-order valence-electron chi connectivity index (χ0n) is 17.4. The van der Waals surface area contributed by atoms with Crippen molar-refractivity contribution in [3.8, 4) is 0 Å². The summed E-state index contributed by atoms with van der Waals surface area (Å²) in [6.45, 7) is 7.40. The molecule has 1 N–H and O–H groups in total. The number of aromatic nitrogens is 4. The molecule has 0 spiro atoms. The first-order valence-electron chi connectivity index (χ1n) is 10.9. The standard InChI is InChI=1S/C20H26N6.C2H6/c1-2-20-10-15(11-20)26(12-20)19-21-8-7-17(25-19)24-18-9-16(22-13-23-18)14-5-3-4-6-14;1-2/h7-9,13-15H,2-6,10-12H2,1H3,(H,21,22,23,24,25);1-2H3. The summed E-state index contributed by atoms with van der Waals surface area (Å²) in [7, 11) is 0. The van der Waals surface area contributed by atoms with Gasteiger partial charge in [-0.05, 0) is 43.6 Å². The smallest absolute Gasteiger partial charge is 0.227 e. The first-order chi connectivity index (χ1) is 13.7. The van der Waals surface area contributed by atoms with Gasteiger partial charge in [-0.3, -0.25) is 0 Å². The first kappa shape index (κ1) is 19.1. The fraction of sp³-hybridized carbons (Fsp3) is 0.636. The summed E-state index contributed by atoms with van der Waals surface area (Å²) in [4.78, 5) is 20.5. The molecule has 6 heteroatoms. The van der Waals surface area contributed by atoms with Crippen LogP contribution < -0.4 is 10.2 Å². The Labute approximate surface area is 168 Å². The Balaban J connectivity index is 0.000000932. The molecule has 28 heavy (non-hydrogen) atoms. The minimum Gasteiger partial charge on any atom is -0.337 e. The molecular formula is C22H32N6. The highest BCUT2D eigenvalue weighted by Crippen LogP contribution is 2.54. The van der Waals surface area contributed by atoms with E-state index in [4.69, 9.17) is 4.98 Å². The van der Waals surface area contributed by atoms with Crippen LogP contribution in [0.4, 0.5) is 17.6 Å². The van der Waals surface area contributed by atoms with Gasteiger partial charge in [0.15, 0.2) is 0 Å². The third-order valence-corrected chi connectivity index (χ3v) is 6.65. The molecule has 0 radical (unpaired) electrons. The summed E-state index contributed by atoms with van der Waals surface area (Å²) >= 11 is 0. The van der Waals surface area contributed by atoms with E-state index in [1.54, 1.807) is 6.33 Å². The molecule has 4 heterocycles. The van der Waals surface area contributed by atoms with Crippen molar-refractivity contribution in [1.29, 1.82) is 0 Å². The van der Waals surface area contributed by atoms with Gasteiger partial charge in [0.2, 0.25) is 5.95 Å². The predicted molar refractivity (Wildman–Crippen MR) is 113 cm³/mol. The molecular weight excluding hydrogens is 348 g/mol. The topological polar surface area (TPSA) is 66.8 Å². The third-order valence-electron chi connectivity index (χ3n) is 6.65. The first-order valence-corrected chi connectivity index (χ1v) is 10.9. The van der Waals surface area contributed by atoms with Crippen molar-refractivity contribution in [2.75, 3.05) is 16.8 Å². The third kappa shape index (κ3) is 3.56. The summed E-state index contributed by atoms with van der Waals surface area (Å²) in [5, 5.41) is 3.35. The Morgan fingerprint density at radius 2 is 1.89 bits per heavy atom. The van der Waals surface area contributed by atoms with Crippen molar-refractivity contribution >= 4 is 17.6 Å². The SMILES string of the molecule is CC.CCC12CC(C1)N(c1nccc(Nc3cc(C4CCCC4)ncn3)n1)C2. The molecule has 6 rings (SSSR count). The molecule has 2 aromatic rings. The number of rotatable bonds is 5. The van der Waals surface area contributed by atoms with Gasteiger partial charge in [0.25, 0.3) is 0 Å². The lowest BCUT2D eigenvalue weighted by atomic mass is 9.68. The molecule has 0 aromatic carbocycles. The van der Waals surface area contributed by atoms with Gasteiger partial charge in [-0.1, -0.05) is 33.6 Å². The van der Waals surface area contributed by atoms with E-state index in [-0.39, 0.29) is 0 Å². The van der Waals surface area contributed by atoms with Crippen LogP contribution in [0.3, 0.4) is 0 Å². The van der Waals surface area contributed by atoms with Crippen LogP contribution in [-0.4, -0.2) is 32.5 Å².